The number of nitrogens with zero attached hydrogens (tertiary/aromatic N) is 2. The van der Waals surface area contributed by atoms with Gasteiger partial charge in [0, 0.05) is 18.8 Å². The standard InChI is InChI=1S/C22H26N2O5/c1-4-28-21(27)20(26)24(13-16-8-6-5-7-9-16)17-10-11-18-19(12-17)29-22(2,15-25)14-23(18)3/h5-12,25H,4,13-15H2,1-3H3. The molecule has 2 aromatic carbocycles. The molecule has 0 radical (unpaired) electrons. The smallest absolute Gasteiger partial charge is 0.397 e. The summed E-state index contributed by atoms with van der Waals surface area (Å²) >= 11 is 0. The Balaban J connectivity index is 1.98. The number of esters is 1. The van der Waals surface area contributed by atoms with Crippen LogP contribution < -0.4 is 14.5 Å². The van der Waals surface area contributed by atoms with E-state index in [2.05, 4.69) is 0 Å². The highest BCUT2D eigenvalue weighted by Crippen LogP contribution is 2.39. The summed E-state index contributed by atoms with van der Waals surface area (Å²) in [6.07, 6.45) is 0. The van der Waals surface area contributed by atoms with E-state index in [1.165, 1.54) is 4.90 Å². The molecule has 0 aliphatic carbocycles. The van der Waals surface area contributed by atoms with Crippen LogP contribution in [-0.4, -0.2) is 49.4 Å². The molecular weight excluding hydrogens is 372 g/mol. The third-order valence-corrected chi connectivity index (χ3v) is 4.81. The van der Waals surface area contributed by atoms with E-state index in [1.54, 1.807) is 19.1 Å². The molecule has 1 N–H and O–H groups in total. The van der Waals surface area contributed by atoms with Crippen molar-refractivity contribution in [2.24, 2.45) is 0 Å². The average Bonchev–Trinajstić information content (AvgIpc) is 2.72. The molecule has 0 fully saturated rings. The fraction of sp³-hybridized carbons (Fsp3) is 0.364. The molecule has 1 atom stereocenters. The van der Waals surface area contributed by atoms with Gasteiger partial charge in [0.2, 0.25) is 0 Å². The van der Waals surface area contributed by atoms with Crippen molar-refractivity contribution < 1.29 is 24.2 Å². The van der Waals surface area contributed by atoms with Gasteiger partial charge in [0.15, 0.2) is 0 Å². The minimum Gasteiger partial charge on any atom is -0.481 e. The van der Waals surface area contributed by atoms with E-state index in [1.807, 2.05) is 55.3 Å². The van der Waals surface area contributed by atoms with Crippen molar-refractivity contribution in [2.75, 3.05) is 36.6 Å². The Morgan fingerprint density at radius 2 is 1.97 bits per heavy atom. The molecule has 7 heteroatoms. The monoisotopic (exact) mass is 398 g/mol. The molecule has 1 aliphatic heterocycles. The molecule has 154 valence electrons. The molecular formula is C22H26N2O5. The van der Waals surface area contributed by atoms with Gasteiger partial charge in [-0.05, 0) is 31.5 Å². The Labute approximate surface area is 170 Å². The number of benzene rings is 2. The summed E-state index contributed by atoms with van der Waals surface area (Å²) in [5, 5.41) is 9.71. The van der Waals surface area contributed by atoms with Crippen molar-refractivity contribution in [3.63, 3.8) is 0 Å². The average molecular weight is 398 g/mol. The van der Waals surface area contributed by atoms with Crippen molar-refractivity contribution in [1.82, 2.24) is 0 Å². The quantitative estimate of drug-likeness (QED) is 0.615. The summed E-state index contributed by atoms with van der Waals surface area (Å²) in [5.41, 5.74) is 1.49. The number of aliphatic hydroxyl groups is 1. The Morgan fingerprint density at radius 3 is 2.62 bits per heavy atom. The highest BCUT2D eigenvalue weighted by molar-refractivity contribution is 6.38. The van der Waals surface area contributed by atoms with Gasteiger partial charge >= 0.3 is 11.9 Å². The molecule has 1 amide bonds. The van der Waals surface area contributed by atoms with Gasteiger partial charge < -0.3 is 19.5 Å². The Hall–Kier alpha value is -3.06. The topological polar surface area (TPSA) is 79.3 Å². The van der Waals surface area contributed by atoms with E-state index >= 15 is 0 Å². The maximum absolute atomic E-state index is 12.8. The SMILES string of the molecule is CCOC(=O)C(=O)N(Cc1ccccc1)c1ccc2c(c1)OC(C)(CO)CN2C. The van der Waals surface area contributed by atoms with E-state index < -0.39 is 17.5 Å². The fourth-order valence-electron chi connectivity index (χ4n) is 3.38. The molecule has 0 spiro atoms. The predicted molar refractivity (Wildman–Crippen MR) is 110 cm³/mol. The number of hydrogen-bond donors (Lipinski definition) is 1. The highest BCUT2D eigenvalue weighted by Gasteiger charge is 2.35. The van der Waals surface area contributed by atoms with Gasteiger partial charge in [-0.25, -0.2) is 4.79 Å². The number of rotatable bonds is 5. The number of carbonyl (C=O) groups excluding carboxylic acids is 2. The van der Waals surface area contributed by atoms with E-state index in [4.69, 9.17) is 9.47 Å². The second-order valence-electron chi connectivity index (χ2n) is 7.32. The van der Waals surface area contributed by atoms with Crippen molar-refractivity contribution in [2.45, 2.75) is 26.0 Å². The number of carbonyl (C=O) groups is 2. The van der Waals surface area contributed by atoms with Gasteiger partial charge in [0.05, 0.1) is 32.0 Å². The molecule has 1 heterocycles. The lowest BCUT2D eigenvalue weighted by Gasteiger charge is -2.40. The summed E-state index contributed by atoms with van der Waals surface area (Å²) in [7, 11) is 1.92. The lowest BCUT2D eigenvalue weighted by atomic mass is 10.0. The van der Waals surface area contributed by atoms with Crippen molar-refractivity contribution in [3.05, 3.63) is 54.1 Å². The van der Waals surface area contributed by atoms with Crippen molar-refractivity contribution >= 4 is 23.3 Å². The number of fused-ring (bicyclic) bond motifs is 1. The summed E-state index contributed by atoms with van der Waals surface area (Å²) in [6, 6.07) is 14.8. The van der Waals surface area contributed by atoms with Gasteiger partial charge in [-0.1, -0.05) is 30.3 Å². The third-order valence-electron chi connectivity index (χ3n) is 4.81. The summed E-state index contributed by atoms with van der Waals surface area (Å²) < 4.78 is 10.9. The van der Waals surface area contributed by atoms with Gasteiger partial charge in [0.1, 0.15) is 11.4 Å². The lowest BCUT2D eigenvalue weighted by molar-refractivity contribution is -0.153. The van der Waals surface area contributed by atoms with Crippen LogP contribution in [0.2, 0.25) is 0 Å². The number of aliphatic hydroxyl groups excluding tert-OH is 1. The molecule has 3 rings (SSSR count). The molecule has 29 heavy (non-hydrogen) atoms. The zero-order valence-corrected chi connectivity index (χ0v) is 16.9. The molecule has 1 unspecified atom stereocenters. The van der Waals surface area contributed by atoms with Crippen LogP contribution in [0.1, 0.15) is 19.4 Å². The Bertz CT molecular complexity index is 886. The first-order valence-electron chi connectivity index (χ1n) is 9.54. The van der Waals surface area contributed by atoms with Gasteiger partial charge in [-0.2, -0.15) is 0 Å². The van der Waals surface area contributed by atoms with Crippen LogP contribution in [0.25, 0.3) is 0 Å². The van der Waals surface area contributed by atoms with Crippen molar-refractivity contribution in [1.29, 1.82) is 0 Å². The molecule has 0 saturated carbocycles. The van der Waals surface area contributed by atoms with Gasteiger partial charge in [0.25, 0.3) is 0 Å². The van der Waals surface area contributed by atoms with Crippen LogP contribution in [-0.2, 0) is 20.9 Å². The molecule has 0 bridgehead atoms. The Morgan fingerprint density at radius 1 is 1.24 bits per heavy atom. The largest absolute Gasteiger partial charge is 0.481 e. The summed E-state index contributed by atoms with van der Waals surface area (Å²) in [6.45, 7) is 4.21. The maximum atomic E-state index is 12.8. The van der Waals surface area contributed by atoms with Crippen LogP contribution >= 0.6 is 0 Å². The lowest BCUT2D eigenvalue weighted by Crippen LogP contribution is -2.50. The fourth-order valence-corrected chi connectivity index (χ4v) is 3.38. The first kappa shape index (κ1) is 20.7. The van der Waals surface area contributed by atoms with E-state index in [0.29, 0.717) is 18.0 Å². The van der Waals surface area contributed by atoms with Crippen LogP contribution in [0.5, 0.6) is 5.75 Å². The second-order valence-corrected chi connectivity index (χ2v) is 7.32. The number of amides is 1. The van der Waals surface area contributed by atoms with E-state index in [0.717, 1.165) is 11.3 Å². The minimum atomic E-state index is -0.903. The zero-order chi connectivity index (χ0) is 21.0. The normalized spacial score (nSPS) is 17.9. The van der Waals surface area contributed by atoms with Crippen LogP contribution in [0, 0.1) is 0 Å². The molecule has 0 aromatic heterocycles. The molecule has 1 aliphatic rings. The van der Waals surface area contributed by atoms with Crippen LogP contribution in [0.15, 0.2) is 48.5 Å². The van der Waals surface area contributed by atoms with E-state index in [-0.39, 0.29) is 19.8 Å². The highest BCUT2D eigenvalue weighted by atomic mass is 16.5. The number of likely N-dealkylation sites (N-methyl/N-ethyl adjacent to an activating group) is 1. The van der Waals surface area contributed by atoms with Crippen LogP contribution in [0.3, 0.4) is 0 Å². The predicted octanol–water partition coefficient (Wildman–Crippen LogP) is 2.36. The second kappa shape index (κ2) is 8.53. The number of anilines is 2. The number of hydrogen-bond acceptors (Lipinski definition) is 6. The molecule has 0 saturated heterocycles. The van der Waals surface area contributed by atoms with Crippen LogP contribution in [0.4, 0.5) is 11.4 Å². The minimum absolute atomic E-state index is 0.122. The first-order chi connectivity index (χ1) is 13.9. The molecule has 7 nitrogen and oxygen atoms in total. The molecule has 2 aromatic rings. The summed E-state index contributed by atoms with van der Waals surface area (Å²) in [4.78, 5) is 28.3. The summed E-state index contributed by atoms with van der Waals surface area (Å²) in [5.74, 6) is -1.10. The Kier molecular flexibility index (Phi) is 6.08. The van der Waals surface area contributed by atoms with E-state index in [9.17, 15) is 14.7 Å². The third kappa shape index (κ3) is 4.51. The van der Waals surface area contributed by atoms with Crippen molar-refractivity contribution in [3.8, 4) is 5.75 Å². The zero-order valence-electron chi connectivity index (χ0n) is 16.9. The first-order valence-corrected chi connectivity index (χ1v) is 9.54. The van der Waals surface area contributed by atoms with Gasteiger partial charge in [-0.15, -0.1) is 0 Å². The maximum Gasteiger partial charge on any atom is 0.397 e. The van der Waals surface area contributed by atoms with Gasteiger partial charge in [-0.3, -0.25) is 9.69 Å². The number of ether oxygens (including phenoxy) is 2.